The van der Waals surface area contributed by atoms with Gasteiger partial charge in [0.15, 0.2) is 0 Å². The van der Waals surface area contributed by atoms with Crippen molar-refractivity contribution in [2.45, 2.75) is 6.42 Å². The number of nitrogens with one attached hydrogen (secondary N) is 1. The van der Waals surface area contributed by atoms with Crippen LogP contribution in [0.15, 0.2) is 18.2 Å². The monoisotopic (exact) mass is 247 g/mol. The van der Waals surface area contributed by atoms with Gasteiger partial charge in [0.1, 0.15) is 0 Å². The average molecular weight is 248 g/mol. The summed E-state index contributed by atoms with van der Waals surface area (Å²) in [5.74, 6) is -0.320. The number of aliphatic hydroxyl groups excluding tert-OH is 1. The molecule has 0 radical (unpaired) electrons. The molecule has 82 valence electrons. The fourth-order valence-electron chi connectivity index (χ4n) is 1.08. The highest BCUT2D eigenvalue weighted by Gasteiger charge is 2.13. The van der Waals surface area contributed by atoms with Gasteiger partial charge in [0.2, 0.25) is 0 Å². The van der Waals surface area contributed by atoms with Gasteiger partial charge in [-0.2, -0.15) is 0 Å². The third-order valence-corrected chi connectivity index (χ3v) is 2.44. The topological polar surface area (TPSA) is 49.3 Å². The summed E-state index contributed by atoms with van der Waals surface area (Å²) in [7, 11) is 0. The van der Waals surface area contributed by atoms with Crippen LogP contribution in [0.2, 0.25) is 10.0 Å². The van der Waals surface area contributed by atoms with Gasteiger partial charge in [-0.15, -0.1) is 0 Å². The Bertz CT molecular complexity index is 335. The number of halogens is 2. The van der Waals surface area contributed by atoms with E-state index < -0.39 is 0 Å². The molecule has 0 fully saturated rings. The summed E-state index contributed by atoms with van der Waals surface area (Å²) >= 11 is 11.7. The second-order valence-corrected chi connectivity index (χ2v) is 3.74. The third kappa shape index (κ3) is 3.38. The minimum atomic E-state index is -0.320. The van der Waals surface area contributed by atoms with Crippen LogP contribution in [-0.2, 0) is 0 Å². The van der Waals surface area contributed by atoms with Gasteiger partial charge in [0.25, 0.3) is 5.91 Å². The molecule has 0 atom stereocenters. The van der Waals surface area contributed by atoms with Crippen molar-refractivity contribution in [1.29, 1.82) is 0 Å². The molecule has 0 aliphatic carbocycles. The fourth-order valence-corrected chi connectivity index (χ4v) is 1.65. The summed E-state index contributed by atoms with van der Waals surface area (Å²) in [5.41, 5.74) is 0.277. The Hall–Kier alpha value is -0.770. The van der Waals surface area contributed by atoms with Gasteiger partial charge in [-0.05, 0) is 18.6 Å². The molecule has 0 aliphatic rings. The van der Waals surface area contributed by atoms with E-state index in [2.05, 4.69) is 5.32 Å². The first-order chi connectivity index (χ1) is 7.16. The number of amides is 1. The van der Waals surface area contributed by atoms with Crippen molar-refractivity contribution in [3.8, 4) is 0 Å². The van der Waals surface area contributed by atoms with Crippen LogP contribution in [0, 0.1) is 0 Å². The van der Waals surface area contributed by atoms with Gasteiger partial charge in [0.05, 0.1) is 15.6 Å². The molecule has 0 saturated carbocycles. The van der Waals surface area contributed by atoms with Crippen LogP contribution in [0.3, 0.4) is 0 Å². The van der Waals surface area contributed by atoms with Gasteiger partial charge < -0.3 is 10.4 Å². The Balaban J connectivity index is 2.73. The van der Waals surface area contributed by atoms with Crippen LogP contribution in [0.1, 0.15) is 16.8 Å². The van der Waals surface area contributed by atoms with E-state index in [4.69, 9.17) is 28.3 Å². The molecule has 0 saturated heterocycles. The van der Waals surface area contributed by atoms with E-state index in [0.29, 0.717) is 23.0 Å². The lowest BCUT2D eigenvalue weighted by molar-refractivity contribution is 0.0951. The Labute approximate surface area is 98.0 Å². The first-order valence-electron chi connectivity index (χ1n) is 4.50. The summed E-state index contributed by atoms with van der Waals surface area (Å²) in [4.78, 5) is 11.6. The zero-order valence-corrected chi connectivity index (χ0v) is 9.48. The molecule has 1 aromatic rings. The third-order valence-electron chi connectivity index (χ3n) is 1.81. The van der Waals surface area contributed by atoms with E-state index in [-0.39, 0.29) is 18.1 Å². The molecule has 0 spiro atoms. The molecule has 0 bridgehead atoms. The molecular formula is C10H11Cl2NO2. The highest BCUT2D eigenvalue weighted by molar-refractivity contribution is 6.39. The standard InChI is InChI=1S/C10H11Cl2NO2/c11-7-3-1-4-8(12)9(7)10(15)13-5-2-6-14/h1,3-4,14H,2,5-6H2,(H,13,15). The molecular weight excluding hydrogens is 237 g/mol. The summed E-state index contributed by atoms with van der Waals surface area (Å²) in [6, 6.07) is 4.89. The second kappa shape index (κ2) is 5.95. The van der Waals surface area contributed by atoms with Crippen LogP contribution in [0.4, 0.5) is 0 Å². The van der Waals surface area contributed by atoms with Gasteiger partial charge in [0, 0.05) is 13.2 Å². The maximum absolute atomic E-state index is 11.6. The molecule has 0 heterocycles. The lowest BCUT2D eigenvalue weighted by Crippen LogP contribution is -2.25. The zero-order chi connectivity index (χ0) is 11.3. The Morgan fingerprint density at radius 2 is 1.93 bits per heavy atom. The number of hydrogen-bond donors (Lipinski definition) is 2. The predicted molar refractivity (Wildman–Crippen MR) is 60.5 cm³/mol. The molecule has 3 nitrogen and oxygen atoms in total. The van der Waals surface area contributed by atoms with Crippen molar-refractivity contribution >= 4 is 29.1 Å². The average Bonchev–Trinajstić information content (AvgIpc) is 2.18. The lowest BCUT2D eigenvalue weighted by atomic mass is 10.2. The molecule has 2 N–H and O–H groups in total. The minimum absolute atomic E-state index is 0.0382. The van der Waals surface area contributed by atoms with E-state index >= 15 is 0 Å². The SMILES string of the molecule is O=C(NCCCO)c1c(Cl)cccc1Cl. The largest absolute Gasteiger partial charge is 0.396 e. The first-order valence-corrected chi connectivity index (χ1v) is 5.25. The maximum atomic E-state index is 11.6. The first kappa shape index (κ1) is 12.3. The lowest BCUT2D eigenvalue weighted by Gasteiger charge is -2.07. The molecule has 0 aromatic heterocycles. The van der Waals surface area contributed by atoms with Crippen LogP contribution in [0.5, 0.6) is 0 Å². The number of benzene rings is 1. The smallest absolute Gasteiger partial charge is 0.254 e. The van der Waals surface area contributed by atoms with E-state index in [1.165, 1.54) is 0 Å². The van der Waals surface area contributed by atoms with Crippen molar-refractivity contribution in [3.05, 3.63) is 33.8 Å². The number of aliphatic hydroxyl groups is 1. The molecule has 0 aliphatic heterocycles. The van der Waals surface area contributed by atoms with E-state index in [1.54, 1.807) is 18.2 Å². The van der Waals surface area contributed by atoms with Gasteiger partial charge in [-0.1, -0.05) is 29.3 Å². The molecule has 5 heteroatoms. The second-order valence-electron chi connectivity index (χ2n) is 2.93. The number of carbonyl (C=O) groups is 1. The molecule has 1 amide bonds. The summed E-state index contributed by atoms with van der Waals surface area (Å²) in [5, 5.41) is 11.8. The fraction of sp³-hybridized carbons (Fsp3) is 0.300. The van der Waals surface area contributed by atoms with Crippen LogP contribution in [0.25, 0.3) is 0 Å². The van der Waals surface area contributed by atoms with Crippen molar-refractivity contribution in [3.63, 3.8) is 0 Å². The van der Waals surface area contributed by atoms with Crippen LogP contribution < -0.4 is 5.32 Å². The molecule has 0 unspecified atom stereocenters. The molecule has 1 aromatic carbocycles. The predicted octanol–water partition coefficient (Wildman–Crippen LogP) is 2.11. The Morgan fingerprint density at radius 1 is 1.33 bits per heavy atom. The zero-order valence-electron chi connectivity index (χ0n) is 7.96. The Morgan fingerprint density at radius 3 is 2.47 bits per heavy atom. The molecule has 15 heavy (non-hydrogen) atoms. The number of hydrogen-bond acceptors (Lipinski definition) is 2. The van der Waals surface area contributed by atoms with Crippen LogP contribution in [-0.4, -0.2) is 24.2 Å². The van der Waals surface area contributed by atoms with Gasteiger partial charge in [-0.25, -0.2) is 0 Å². The quantitative estimate of drug-likeness (QED) is 0.801. The van der Waals surface area contributed by atoms with Crippen molar-refractivity contribution < 1.29 is 9.90 Å². The summed E-state index contributed by atoms with van der Waals surface area (Å²) in [6.45, 7) is 0.438. The maximum Gasteiger partial charge on any atom is 0.254 e. The van der Waals surface area contributed by atoms with Crippen molar-refractivity contribution in [2.75, 3.05) is 13.2 Å². The van der Waals surface area contributed by atoms with Crippen molar-refractivity contribution in [1.82, 2.24) is 5.32 Å². The van der Waals surface area contributed by atoms with Gasteiger partial charge in [-0.3, -0.25) is 4.79 Å². The highest BCUT2D eigenvalue weighted by atomic mass is 35.5. The number of rotatable bonds is 4. The van der Waals surface area contributed by atoms with E-state index in [9.17, 15) is 4.79 Å². The molecule has 1 rings (SSSR count). The van der Waals surface area contributed by atoms with Crippen molar-refractivity contribution in [2.24, 2.45) is 0 Å². The minimum Gasteiger partial charge on any atom is -0.396 e. The van der Waals surface area contributed by atoms with E-state index in [0.717, 1.165) is 0 Å². The Kier molecular flexibility index (Phi) is 4.88. The summed E-state index contributed by atoms with van der Waals surface area (Å²) < 4.78 is 0. The van der Waals surface area contributed by atoms with E-state index in [1.807, 2.05) is 0 Å². The van der Waals surface area contributed by atoms with Crippen LogP contribution >= 0.6 is 23.2 Å². The summed E-state index contributed by atoms with van der Waals surface area (Å²) in [6.07, 6.45) is 0.508. The normalized spacial score (nSPS) is 10.1. The van der Waals surface area contributed by atoms with Gasteiger partial charge >= 0.3 is 0 Å². The highest BCUT2D eigenvalue weighted by Crippen LogP contribution is 2.23. The number of carbonyl (C=O) groups excluding carboxylic acids is 1.